The Hall–Kier alpha value is -2.46. The first-order valence-corrected chi connectivity index (χ1v) is 7.21. The van der Waals surface area contributed by atoms with Crippen LogP contribution in [-0.4, -0.2) is 48.4 Å². The second kappa shape index (κ2) is 5.63. The summed E-state index contributed by atoms with van der Waals surface area (Å²) in [5.41, 5.74) is -0.982. The summed E-state index contributed by atoms with van der Waals surface area (Å²) in [4.78, 5) is 44.3. The summed E-state index contributed by atoms with van der Waals surface area (Å²) in [6, 6.07) is -0.386. The zero-order valence-electron chi connectivity index (χ0n) is 12.4. The zero-order chi connectivity index (χ0) is 16.7. The molecule has 0 aromatic carbocycles. The molecule has 3 atom stereocenters. The van der Waals surface area contributed by atoms with Gasteiger partial charge < -0.3 is 10.2 Å². The highest BCUT2D eigenvalue weighted by Crippen LogP contribution is 2.34. The molecule has 1 saturated carbocycles. The van der Waals surface area contributed by atoms with Crippen molar-refractivity contribution in [2.24, 2.45) is 5.92 Å². The van der Waals surface area contributed by atoms with Gasteiger partial charge in [-0.3, -0.25) is 29.4 Å². The number of hydrogen-bond donors (Lipinski definition) is 5. The molecule has 0 aliphatic heterocycles. The number of aromatic nitrogens is 4. The van der Waals surface area contributed by atoms with Crippen molar-refractivity contribution in [2.45, 2.75) is 31.9 Å². The van der Waals surface area contributed by atoms with Gasteiger partial charge in [0.15, 0.2) is 11.2 Å². The van der Waals surface area contributed by atoms with Crippen LogP contribution >= 0.6 is 0 Å². The minimum Gasteiger partial charge on any atom is -0.396 e. The van der Waals surface area contributed by atoms with E-state index < -0.39 is 23.3 Å². The molecular formula is C13H17N5O5. The number of fused-ring (bicyclic) bond motifs is 1. The van der Waals surface area contributed by atoms with E-state index >= 15 is 0 Å². The second-order valence-electron chi connectivity index (χ2n) is 5.73. The number of H-pyrrole nitrogens is 2. The van der Waals surface area contributed by atoms with E-state index in [1.54, 1.807) is 0 Å². The quantitative estimate of drug-likeness (QED) is 0.472. The Labute approximate surface area is 129 Å². The topological polar surface area (TPSA) is 153 Å². The summed E-state index contributed by atoms with van der Waals surface area (Å²) < 4.78 is 1.30. The molecule has 2 aromatic rings. The monoisotopic (exact) mass is 323 g/mol. The molecule has 0 radical (unpaired) electrons. The first-order valence-electron chi connectivity index (χ1n) is 7.21. The van der Waals surface area contributed by atoms with Gasteiger partial charge in [-0.1, -0.05) is 0 Å². The number of aromatic amines is 2. The van der Waals surface area contributed by atoms with E-state index in [4.69, 9.17) is 0 Å². The van der Waals surface area contributed by atoms with Gasteiger partial charge in [-0.15, -0.1) is 0 Å². The number of nitrogens with zero attached hydrogens (tertiary/aromatic N) is 2. The van der Waals surface area contributed by atoms with Crippen molar-refractivity contribution in [3.63, 3.8) is 0 Å². The lowest BCUT2D eigenvalue weighted by molar-refractivity contribution is -0.114. The summed E-state index contributed by atoms with van der Waals surface area (Å²) in [6.07, 6.45) is -0.0464. The third-order valence-electron chi connectivity index (χ3n) is 4.11. The van der Waals surface area contributed by atoms with Crippen LogP contribution in [0.5, 0.6) is 0 Å². The molecule has 23 heavy (non-hydrogen) atoms. The fourth-order valence-electron chi connectivity index (χ4n) is 3.06. The number of rotatable bonds is 3. The van der Waals surface area contributed by atoms with E-state index in [-0.39, 0.29) is 42.1 Å². The molecule has 0 bridgehead atoms. The second-order valence-corrected chi connectivity index (χ2v) is 5.73. The van der Waals surface area contributed by atoms with Gasteiger partial charge in [-0.05, 0) is 12.8 Å². The number of aliphatic hydroxyl groups is 2. The van der Waals surface area contributed by atoms with Crippen LogP contribution in [0.2, 0.25) is 0 Å². The highest BCUT2D eigenvalue weighted by atomic mass is 16.3. The van der Waals surface area contributed by atoms with E-state index in [9.17, 15) is 24.6 Å². The number of hydrogen-bond acceptors (Lipinski definition) is 6. The summed E-state index contributed by atoms with van der Waals surface area (Å²) in [5.74, 6) is -0.790. The molecule has 2 aromatic heterocycles. The van der Waals surface area contributed by atoms with Crippen LogP contribution in [0.4, 0.5) is 5.95 Å². The average Bonchev–Trinajstić information content (AvgIpc) is 2.98. The maximum Gasteiger partial charge on any atom is 0.328 e. The normalized spacial score (nSPS) is 24.2. The molecule has 10 nitrogen and oxygen atoms in total. The molecule has 3 rings (SSSR count). The summed E-state index contributed by atoms with van der Waals surface area (Å²) in [6.45, 7) is 1.09. The van der Waals surface area contributed by atoms with Crippen molar-refractivity contribution in [3.8, 4) is 0 Å². The summed E-state index contributed by atoms with van der Waals surface area (Å²) in [5, 5.41) is 21.5. The number of aliphatic hydroxyl groups excluding tert-OH is 2. The summed E-state index contributed by atoms with van der Waals surface area (Å²) >= 11 is 0. The number of carbonyl (C=O) groups excluding carboxylic acids is 1. The van der Waals surface area contributed by atoms with Gasteiger partial charge in [0.25, 0.3) is 5.56 Å². The lowest BCUT2D eigenvalue weighted by atomic mass is 10.1. The Balaban J connectivity index is 2.12. The summed E-state index contributed by atoms with van der Waals surface area (Å²) in [7, 11) is 0. The van der Waals surface area contributed by atoms with E-state index in [0.29, 0.717) is 6.42 Å². The Morgan fingerprint density at radius 1 is 1.39 bits per heavy atom. The highest BCUT2D eigenvalue weighted by Gasteiger charge is 2.35. The SMILES string of the molecule is CC(=O)Nc1nc2c([nH]c(=O)n2[C@@H]2C[C@H](CO)[C@@H](O)C2)c(=O)[nH]1. The fourth-order valence-corrected chi connectivity index (χ4v) is 3.06. The zero-order valence-corrected chi connectivity index (χ0v) is 12.4. The third kappa shape index (κ3) is 2.66. The molecule has 10 heteroatoms. The first-order chi connectivity index (χ1) is 10.9. The third-order valence-corrected chi connectivity index (χ3v) is 4.11. The predicted molar refractivity (Wildman–Crippen MR) is 80.1 cm³/mol. The van der Waals surface area contributed by atoms with E-state index in [2.05, 4.69) is 20.3 Å². The Morgan fingerprint density at radius 2 is 2.13 bits per heavy atom. The van der Waals surface area contributed by atoms with Gasteiger partial charge in [-0.2, -0.15) is 4.98 Å². The standard InChI is InChI=1S/C13H17N5O5/c1-5(20)14-12-16-10-9(11(22)17-12)15-13(23)18(10)7-2-6(4-19)8(21)3-7/h6-8,19,21H,2-4H2,1H3,(H,15,23)(H2,14,16,17,20,22)/t6-,7-,8+/m1/s1. The maximum absolute atomic E-state index is 12.2. The largest absolute Gasteiger partial charge is 0.396 e. The van der Waals surface area contributed by atoms with Crippen molar-refractivity contribution < 1.29 is 15.0 Å². The van der Waals surface area contributed by atoms with Crippen molar-refractivity contribution >= 4 is 23.0 Å². The van der Waals surface area contributed by atoms with Gasteiger partial charge in [0.2, 0.25) is 11.9 Å². The minimum atomic E-state index is -0.723. The molecule has 1 aliphatic rings. The Morgan fingerprint density at radius 3 is 2.74 bits per heavy atom. The van der Waals surface area contributed by atoms with Crippen LogP contribution in [0.1, 0.15) is 25.8 Å². The number of amides is 1. The molecular weight excluding hydrogens is 306 g/mol. The van der Waals surface area contributed by atoms with Crippen molar-refractivity contribution in [2.75, 3.05) is 11.9 Å². The van der Waals surface area contributed by atoms with Crippen LogP contribution < -0.4 is 16.6 Å². The van der Waals surface area contributed by atoms with Crippen LogP contribution in [0.15, 0.2) is 9.59 Å². The molecule has 1 aliphatic carbocycles. The number of nitrogens with one attached hydrogen (secondary N) is 3. The smallest absolute Gasteiger partial charge is 0.328 e. The lowest BCUT2D eigenvalue weighted by Crippen LogP contribution is -2.22. The Bertz CT molecular complexity index is 866. The molecule has 124 valence electrons. The first kappa shape index (κ1) is 15.4. The fraction of sp³-hybridized carbons (Fsp3) is 0.538. The molecule has 2 heterocycles. The van der Waals surface area contributed by atoms with Crippen LogP contribution in [-0.2, 0) is 4.79 Å². The molecule has 5 N–H and O–H groups in total. The molecule has 0 unspecified atom stereocenters. The predicted octanol–water partition coefficient (Wildman–Crippen LogP) is -1.32. The van der Waals surface area contributed by atoms with Gasteiger partial charge in [-0.25, -0.2) is 4.79 Å². The van der Waals surface area contributed by atoms with Gasteiger partial charge >= 0.3 is 5.69 Å². The molecule has 1 fully saturated rings. The highest BCUT2D eigenvalue weighted by molar-refractivity contribution is 5.87. The molecule has 0 saturated heterocycles. The van der Waals surface area contributed by atoms with Crippen LogP contribution in [0, 0.1) is 5.92 Å². The lowest BCUT2D eigenvalue weighted by Gasteiger charge is -2.11. The van der Waals surface area contributed by atoms with Gasteiger partial charge in [0, 0.05) is 25.5 Å². The molecule has 1 amide bonds. The maximum atomic E-state index is 12.2. The van der Waals surface area contributed by atoms with Crippen molar-refractivity contribution in [1.29, 1.82) is 0 Å². The van der Waals surface area contributed by atoms with E-state index in [1.807, 2.05) is 0 Å². The minimum absolute atomic E-state index is 0.00559. The van der Waals surface area contributed by atoms with E-state index in [0.717, 1.165) is 0 Å². The Kier molecular flexibility index (Phi) is 3.78. The van der Waals surface area contributed by atoms with Gasteiger partial charge in [0.05, 0.1) is 6.10 Å². The van der Waals surface area contributed by atoms with Crippen molar-refractivity contribution in [3.05, 3.63) is 20.8 Å². The van der Waals surface area contributed by atoms with E-state index in [1.165, 1.54) is 11.5 Å². The number of carbonyl (C=O) groups is 1. The number of anilines is 1. The van der Waals surface area contributed by atoms with Crippen LogP contribution in [0.3, 0.4) is 0 Å². The van der Waals surface area contributed by atoms with Crippen molar-refractivity contribution in [1.82, 2.24) is 19.5 Å². The molecule has 0 spiro atoms. The van der Waals surface area contributed by atoms with Crippen LogP contribution in [0.25, 0.3) is 11.2 Å². The van der Waals surface area contributed by atoms with Gasteiger partial charge in [0.1, 0.15) is 0 Å². The number of imidazole rings is 1. The average molecular weight is 323 g/mol.